The number of hydrogen-bond donors (Lipinski definition) is 2. The molecule has 0 aromatic carbocycles. The third-order valence-corrected chi connectivity index (χ3v) is 1.97. The molecule has 3 nitrogen and oxygen atoms in total. The molecule has 0 aliphatic rings. The number of carbonyl (C=O) groups is 1. The minimum absolute atomic E-state index is 0.278. The molecule has 2 N–H and O–H groups in total. The van der Waals surface area contributed by atoms with Crippen LogP contribution in [0.25, 0.3) is 0 Å². The van der Waals surface area contributed by atoms with Gasteiger partial charge in [0.05, 0.1) is 4.88 Å². The monoisotopic (exact) mass is 158 g/mol. The molecule has 0 fully saturated rings. The first-order chi connectivity index (χ1) is 4.75. The molecule has 0 aliphatic carbocycles. The van der Waals surface area contributed by atoms with Gasteiger partial charge in [0, 0.05) is 5.56 Å². The maximum absolute atomic E-state index is 10.2. The highest BCUT2D eigenvalue weighted by Crippen LogP contribution is 2.19. The summed E-state index contributed by atoms with van der Waals surface area (Å²) in [5, 5.41) is 18.9. The highest BCUT2D eigenvalue weighted by Gasteiger charge is 2.08. The molecule has 1 aromatic heterocycles. The van der Waals surface area contributed by atoms with Crippen molar-refractivity contribution in [3.63, 3.8) is 0 Å². The fourth-order valence-corrected chi connectivity index (χ4v) is 1.37. The zero-order valence-corrected chi connectivity index (χ0v) is 5.84. The van der Waals surface area contributed by atoms with E-state index in [4.69, 9.17) is 10.2 Å². The van der Waals surface area contributed by atoms with Crippen molar-refractivity contribution in [3.8, 4) is 0 Å². The summed E-state index contributed by atoms with van der Waals surface area (Å²) >= 11 is 1.19. The SMILES string of the molecule is O=Cc1sccc1C(O)O. The van der Waals surface area contributed by atoms with Crippen molar-refractivity contribution in [2.75, 3.05) is 0 Å². The molecule has 0 unspecified atom stereocenters. The molecule has 1 heterocycles. The van der Waals surface area contributed by atoms with E-state index in [9.17, 15) is 4.79 Å². The molecular weight excluding hydrogens is 152 g/mol. The van der Waals surface area contributed by atoms with Gasteiger partial charge >= 0.3 is 0 Å². The van der Waals surface area contributed by atoms with Crippen molar-refractivity contribution in [1.82, 2.24) is 0 Å². The van der Waals surface area contributed by atoms with Gasteiger partial charge in [-0.1, -0.05) is 0 Å². The van der Waals surface area contributed by atoms with Crippen LogP contribution in [0.2, 0.25) is 0 Å². The van der Waals surface area contributed by atoms with Crippen molar-refractivity contribution in [2.45, 2.75) is 6.29 Å². The van der Waals surface area contributed by atoms with Crippen LogP contribution in [0.15, 0.2) is 11.4 Å². The quantitative estimate of drug-likeness (QED) is 0.488. The van der Waals surface area contributed by atoms with Gasteiger partial charge in [-0.05, 0) is 11.4 Å². The van der Waals surface area contributed by atoms with E-state index in [0.717, 1.165) is 0 Å². The standard InChI is InChI=1S/C6H6O3S/c7-3-5-4(6(8)9)1-2-10-5/h1-3,6,8-9H. The zero-order chi connectivity index (χ0) is 7.56. The molecule has 10 heavy (non-hydrogen) atoms. The average Bonchev–Trinajstić information content (AvgIpc) is 2.33. The lowest BCUT2D eigenvalue weighted by Crippen LogP contribution is -1.95. The maximum atomic E-state index is 10.2. The predicted octanol–water partition coefficient (Wildman–Crippen LogP) is 0.544. The Balaban J connectivity index is 3.01. The Labute approximate surface area is 61.6 Å². The Kier molecular flexibility index (Phi) is 2.16. The molecule has 1 rings (SSSR count). The van der Waals surface area contributed by atoms with E-state index in [-0.39, 0.29) is 5.56 Å². The Morgan fingerprint density at radius 3 is 2.70 bits per heavy atom. The molecule has 0 saturated carbocycles. The second-order valence-electron chi connectivity index (χ2n) is 1.73. The fourth-order valence-electron chi connectivity index (χ4n) is 0.640. The first-order valence-electron chi connectivity index (χ1n) is 2.64. The van der Waals surface area contributed by atoms with E-state index in [2.05, 4.69) is 0 Å². The second kappa shape index (κ2) is 2.92. The van der Waals surface area contributed by atoms with Crippen LogP contribution in [0.1, 0.15) is 21.5 Å². The summed E-state index contributed by atoms with van der Waals surface area (Å²) in [6.07, 6.45) is -0.925. The minimum Gasteiger partial charge on any atom is -0.364 e. The van der Waals surface area contributed by atoms with Crippen molar-refractivity contribution < 1.29 is 15.0 Å². The molecule has 0 saturated heterocycles. The second-order valence-corrected chi connectivity index (χ2v) is 2.68. The molecule has 0 spiro atoms. The van der Waals surface area contributed by atoms with E-state index >= 15 is 0 Å². The first kappa shape index (κ1) is 7.40. The summed E-state index contributed by atoms with van der Waals surface area (Å²) in [4.78, 5) is 10.6. The first-order valence-corrected chi connectivity index (χ1v) is 3.52. The van der Waals surface area contributed by atoms with Gasteiger partial charge in [-0.25, -0.2) is 0 Å². The van der Waals surface area contributed by atoms with Gasteiger partial charge in [0.25, 0.3) is 0 Å². The van der Waals surface area contributed by atoms with Gasteiger partial charge in [-0.2, -0.15) is 0 Å². The van der Waals surface area contributed by atoms with Crippen LogP contribution in [-0.4, -0.2) is 16.5 Å². The van der Waals surface area contributed by atoms with Crippen molar-refractivity contribution in [1.29, 1.82) is 0 Å². The van der Waals surface area contributed by atoms with Gasteiger partial charge in [-0.3, -0.25) is 4.79 Å². The molecule has 0 radical (unpaired) electrons. The maximum Gasteiger partial charge on any atom is 0.179 e. The molecule has 0 aliphatic heterocycles. The number of rotatable bonds is 2. The molecule has 4 heteroatoms. The van der Waals surface area contributed by atoms with Crippen LogP contribution >= 0.6 is 11.3 Å². The Bertz CT molecular complexity index is 229. The highest BCUT2D eigenvalue weighted by atomic mass is 32.1. The van der Waals surface area contributed by atoms with Gasteiger partial charge in [-0.15, -0.1) is 11.3 Å². The summed E-state index contributed by atoms with van der Waals surface area (Å²) in [6.45, 7) is 0. The van der Waals surface area contributed by atoms with Crippen molar-refractivity contribution in [2.24, 2.45) is 0 Å². The number of thiophene rings is 1. The lowest BCUT2D eigenvalue weighted by atomic mass is 10.2. The lowest BCUT2D eigenvalue weighted by molar-refractivity contribution is -0.0424. The van der Waals surface area contributed by atoms with Crippen molar-refractivity contribution in [3.05, 3.63) is 21.9 Å². The summed E-state index contributed by atoms with van der Waals surface area (Å²) in [5.74, 6) is 0. The lowest BCUT2D eigenvalue weighted by Gasteiger charge is -1.98. The van der Waals surface area contributed by atoms with Gasteiger partial charge in [0.2, 0.25) is 0 Å². The molecule has 54 valence electrons. The van der Waals surface area contributed by atoms with Crippen LogP contribution in [0, 0.1) is 0 Å². The van der Waals surface area contributed by atoms with Gasteiger partial charge in [0.15, 0.2) is 12.6 Å². The molecule has 0 amide bonds. The number of aldehydes is 1. The van der Waals surface area contributed by atoms with Crippen LogP contribution < -0.4 is 0 Å². The Morgan fingerprint density at radius 2 is 2.30 bits per heavy atom. The molecule has 0 bridgehead atoms. The summed E-state index contributed by atoms with van der Waals surface area (Å²) in [6, 6.07) is 1.51. The van der Waals surface area contributed by atoms with Crippen LogP contribution in [-0.2, 0) is 0 Å². The number of aliphatic hydroxyl groups is 2. The van der Waals surface area contributed by atoms with E-state index in [0.29, 0.717) is 11.2 Å². The van der Waals surface area contributed by atoms with Crippen molar-refractivity contribution >= 4 is 17.6 Å². The molecular formula is C6H6O3S. The van der Waals surface area contributed by atoms with Crippen LogP contribution in [0.5, 0.6) is 0 Å². The van der Waals surface area contributed by atoms with Gasteiger partial charge in [0.1, 0.15) is 0 Å². The smallest absolute Gasteiger partial charge is 0.179 e. The van der Waals surface area contributed by atoms with Crippen LogP contribution in [0.4, 0.5) is 0 Å². The number of carbonyl (C=O) groups excluding carboxylic acids is 1. The molecule has 1 aromatic rings. The Hall–Kier alpha value is -0.710. The fraction of sp³-hybridized carbons (Fsp3) is 0.167. The van der Waals surface area contributed by atoms with Crippen LogP contribution in [0.3, 0.4) is 0 Å². The summed E-state index contributed by atoms with van der Waals surface area (Å²) < 4.78 is 0. The topological polar surface area (TPSA) is 57.5 Å². The zero-order valence-electron chi connectivity index (χ0n) is 5.02. The third-order valence-electron chi connectivity index (χ3n) is 1.11. The Morgan fingerprint density at radius 1 is 1.60 bits per heavy atom. The van der Waals surface area contributed by atoms with Gasteiger partial charge < -0.3 is 10.2 Å². The van der Waals surface area contributed by atoms with E-state index < -0.39 is 6.29 Å². The predicted molar refractivity (Wildman–Crippen MR) is 36.9 cm³/mol. The highest BCUT2D eigenvalue weighted by molar-refractivity contribution is 7.11. The average molecular weight is 158 g/mol. The number of hydrogen-bond acceptors (Lipinski definition) is 4. The van der Waals surface area contributed by atoms with E-state index in [1.807, 2.05) is 0 Å². The third kappa shape index (κ3) is 1.23. The number of aliphatic hydroxyl groups excluding tert-OH is 1. The summed E-state index contributed by atoms with van der Waals surface area (Å²) in [7, 11) is 0. The minimum atomic E-state index is -1.54. The molecule has 0 atom stereocenters. The summed E-state index contributed by atoms with van der Waals surface area (Å²) in [5.41, 5.74) is 0.278. The largest absolute Gasteiger partial charge is 0.364 e. The van der Waals surface area contributed by atoms with E-state index in [1.54, 1.807) is 5.38 Å². The van der Waals surface area contributed by atoms with E-state index in [1.165, 1.54) is 17.4 Å². The normalized spacial score (nSPS) is 10.3.